The summed E-state index contributed by atoms with van der Waals surface area (Å²) in [5.74, 6) is -0.690. The van der Waals surface area contributed by atoms with E-state index in [1.54, 1.807) is 0 Å². The van der Waals surface area contributed by atoms with E-state index in [2.05, 4.69) is 4.89 Å². The molecule has 0 bridgehead atoms. The molecule has 0 aliphatic rings. The first kappa shape index (κ1) is 17.1. The molecule has 0 spiro atoms. The molecule has 6 nitrogen and oxygen atoms in total. The van der Waals surface area contributed by atoms with E-state index in [0.29, 0.717) is 6.26 Å². The van der Waals surface area contributed by atoms with Crippen LogP contribution in [0.5, 0.6) is 0 Å². The molecule has 0 aliphatic carbocycles. The molecule has 0 aliphatic heterocycles. The molecule has 0 rings (SSSR count). The average molecular weight is 199 g/mol. The minimum absolute atomic E-state index is 0. The Labute approximate surface area is 75.0 Å². The smallest absolute Gasteiger partial charge is 0.301 e. The van der Waals surface area contributed by atoms with Gasteiger partial charge in [0.1, 0.15) is 0 Å². The third-order valence-electron chi connectivity index (χ3n) is 0.129. The minimum atomic E-state index is -3.67. The Balaban J connectivity index is -0.000000107. The molecule has 0 saturated carbocycles. The molecule has 8 heteroatoms. The zero-order chi connectivity index (χ0) is 8.78. The standard InChI is InChI=1S/C2H4O3.CH4O3S.Al/c1-2(3)5-4;1-5(2,3)4;/h4H,1H3;1H3,(H,2,3,4);/q;;+3. The molecule has 2 N–H and O–H groups in total. The second-order valence-corrected chi connectivity index (χ2v) is 2.78. The van der Waals surface area contributed by atoms with Crippen LogP contribution in [-0.4, -0.2) is 47.8 Å². The number of hydrogen-bond donors (Lipinski definition) is 2. The fourth-order valence-electron chi connectivity index (χ4n) is 0. The van der Waals surface area contributed by atoms with Gasteiger partial charge < -0.3 is 4.89 Å². The topological polar surface area (TPSA) is 101 Å². The van der Waals surface area contributed by atoms with Gasteiger partial charge in [0.15, 0.2) is 0 Å². The first-order valence-electron chi connectivity index (χ1n) is 2.01. The van der Waals surface area contributed by atoms with Gasteiger partial charge in [-0.25, -0.2) is 4.79 Å². The molecule has 0 aromatic rings. The van der Waals surface area contributed by atoms with Crippen LogP contribution >= 0.6 is 0 Å². The summed E-state index contributed by atoms with van der Waals surface area (Å²) in [6, 6.07) is 0. The summed E-state index contributed by atoms with van der Waals surface area (Å²) >= 11 is 0. The monoisotopic (exact) mass is 199 g/mol. The zero-order valence-electron chi connectivity index (χ0n) is 6.01. The van der Waals surface area contributed by atoms with Crippen LogP contribution in [0.15, 0.2) is 0 Å². The third-order valence-corrected chi connectivity index (χ3v) is 0.129. The zero-order valence-corrected chi connectivity index (χ0v) is 7.98. The first-order chi connectivity index (χ1) is 4.27. The first-order valence-corrected chi connectivity index (χ1v) is 3.86. The SMILES string of the molecule is CC(=O)OO.CS(=O)(=O)O.[Al+3]. The Bertz CT molecular complexity index is 176. The van der Waals surface area contributed by atoms with E-state index >= 15 is 0 Å². The molecule has 0 atom stereocenters. The maximum absolute atomic E-state index is 9.34. The van der Waals surface area contributed by atoms with Crippen molar-refractivity contribution in [2.24, 2.45) is 0 Å². The molecule has 0 radical (unpaired) electrons. The van der Waals surface area contributed by atoms with Gasteiger partial charge in [-0.2, -0.15) is 13.7 Å². The molecule has 62 valence electrons. The molecule has 0 unspecified atom stereocenters. The van der Waals surface area contributed by atoms with E-state index in [9.17, 15) is 13.2 Å². The Hall–Kier alpha value is -0.128. The molecular formula is C3H8AlO6S+3. The van der Waals surface area contributed by atoms with Gasteiger partial charge in [0.2, 0.25) is 0 Å². The van der Waals surface area contributed by atoms with Crippen LogP contribution in [0.4, 0.5) is 0 Å². The Kier molecular flexibility index (Phi) is 12.4. The Morgan fingerprint density at radius 3 is 1.55 bits per heavy atom. The molecule has 0 heterocycles. The van der Waals surface area contributed by atoms with Crippen LogP contribution in [0.1, 0.15) is 6.92 Å². The van der Waals surface area contributed by atoms with Gasteiger partial charge in [0.25, 0.3) is 10.1 Å². The van der Waals surface area contributed by atoms with Crippen LogP contribution in [0.25, 0.3) is 0 Å². The second kappa shape index (κ2) is 7.97. The van der Waals surface area contributed by atoms with E-state index in [1.807, 2.05) is 0 Å². The van der Waals surface area contributed by atoms with Gasteiger partial charge in [-0.05, 0) is 0 Å². The summed E-state index contributed by atoms with van der Waals surface area (Å²) in [6.45, 7) is 1.11. The van der Waals surface area contributed by atoms with Crippen molar-refractivity contribution in [2.75, 3.05) is 6.26 Å². The van der Waals surface area contributed by atoms with Crippen LogP contribution in [0, 0.1) is 0 Å². The van der Waals surface area contributed by atoms with Gasteiger partial charge in [0, 0.05) is 6.92 Å². The molecular weight excluding hydrogens is 191 g/mol. The van der Waals surface area contributed by atoms with Gasteiger partial charge >= 0.3 is 23.3 Å². The number of rotatable bonds is 0. The quantitative estimate of drug-likeness (QED) is 0.228. The second-order valence-electron chi connectivity index (χ2n) is 1.32. The predicted molar refractivity (Wildman–Crippen MR) is 37.6 cm³/mol. The van der Waals surface area contributed by atoms with E-state index < -0.39 is 16.1 Å². The van der Waals surface area contributed by atoms with Crippen molar-refractivity contribution < 1.29 is 27.9 Å². The molecule has 0 saturated heterocycles. The fraction of sp³-hybridized carbons (Fsp3) is 0.667. The average Bonchev–Trinajstić information content (AvgIpc) is 1.61. The van der Waals surface area contributed by atoms with Gasteiger partial charge in [-0.15, -0.1) is 0 Å². The molecule has 11 heavy (non-hydrogen) atoms. The molecule has 0 aromatic carbocycles. The maximum Gasteiger partial charge on any atom is 3.00 e. The number of hydrogen-bond acceptors (Lipinski definition) is 5. The van der Waals surface area contributed by atoms with Crippen molar-refractivity contribution in [3.05, 3.63) is 0 Å². The van der Waals surface area contributed by atoms with Crippen LogP contribution in [0.3, 0.4) is 0 Å². The van der Waals surface area contributed by atoms with E-state index in [4.69, 9.17) is 9.81 Å². The van der Waals surface area contributed by atoms with Crippen molar-refractivity contribution in [3.8, 4) is 0 Å². The van der Waals surface area contributed by atoms with E-state index in [-0.39, 0.29) is 17.4 Å². The fourth-order valence-corrected chi connectivity index (χ4v) is 0. The number of carbonyl (C=O) groups is 1. The van der Waals surface area contributed by atoms with E-state index in [1.165, 1.54) is 0 Å². The molecule has 0 fully saturated rings. The Morgan fingerprint density at radius 1 is 1.45 bits per heavy atom. The normalized spacial score (nSPS) is 8.36. The van der Waals surface area contributed by atoms with Gasteiger partial charge in [-0.1, -0.05) is 0 Å². The summed E-state index contributed by atoms with van der Waals surface area (Å²) in [6.07, 6.45) is 0.715. The molecule has 0 amide bonds. The third kappa shape index (κ3) is 175. The maximum atomic E-state index is 9.34. The summed E-state index contributed by atoms with van der Waals surface area (Å²) in [7, 11) is -3.67. The van der Waals surface area contributed by atoms with Gasteiger partial charge in [-0.3, -0.25) is 4.55 Å². The number of carbonyl (C=O) groups excluding carboxylic acids is 1. The van der Waals surface area contributed by atoms with Crippen molar-refractivity contribution in [2.45, 2.75) is 6.92 Å². The summed E-state index contributed by atoms with van der Waals surface area (Å²) in [5, 5.41) is 7.29. The van der Waals surface area contributed by atoms with Crippen LogP contribution in [-0.2, 0) is 19.8 Å². The summed E-state index contributed by atoms with van der Waals surface area (Å²) in [5.41, 5.74) is 0. The minimum Gasteiger partial charge on any atom is -0.301 e. The largest absolute Gasteiger partial charge is 3.00 e. The Morgan fingerprint density at radius 2 is 1.55 bits per heavy atom. The summed E-state index contributed by atoms with van der Waals surface area (Å²) < 4.78 is 25.9. The van der Waals surface area contributed by atoms with Gasteiger partial charge in [0.05, 0.1) is 6.26 Å². The van der Waals surface area contributed by atoms with Crippen LogP contribution < -0.4 is 0 Å². The molecule has 0 aromatic heterocycles. The van der Waals surface area contributed by atoms with Crippen molar-refractivity contribution in [1.29, 1.82) is 0 Å². The van der Waals surface area contributed by atoms with Crippen molar-refractivity contribution in [3.63, 3.8) is 0 Å². The van der Waals surface area contributed by atoms with Crippen LogP contribution in [0.2, 0.25) is 0 Å². The summed E-state index contributed by atoms with van der Waals surface area (Å²) in [4.78, 5) is 12.5. The predicted octanol–water partition coefficient (Wildman–Crippen LogP) is -0.854. The van der Waals surface area contributed by atoms with Crippen molar-refractivity contribution in [1.82, 2.24) is 0 Å². The van der Waals surface area contributed by atoms with E-state index in [0.717, 1.165) is 6.92 Å². The van der Waals surface area contributed by atoms with Crippen molar-refractivity contribution >= 4 is 33.4 Å².